The molecule has 0 heterocycles. The summed E-state index contributed by atoms with van der Waals surface area (Å²) in [5.74, 6) is -1.64. The zero-order valence-electron chi connectivity index (χ0n) is 11.0. The lowest BCUT2D eigenvalue weighted by Gasteiger charge is -2.16. The Bertz CT molecular complexity index is 693. The third-order valence-corrected chi connectivity index (χ3v) is 4.31. The molecule has 21 heavy (non-hydrogen) atoms. The molecule has 2 aromatic rings. The van der Waals surface area contributed by atoms with Crippen LogP contribution in [0.3, 0.4) is 0 Å². The summed E-state index contributed by atoms with van der Waals surface area (Å²) < 4.78 is 28.2. The fourth-order valence-corrected chi connectivity index (χ4v) is 2.79. The van der Waals surface area contributed by atoms with Crippen molar-refractivity contribution in [2.75, 3.05) is 0 Å². The molecule has 0 bridgehead atoms. The standard InChI is InChI=1S/C15H11BrF2INO/c1-8(11-4-2-9(17)6-14(11)18)20-15(21)12-7-10(19)3-5-13(12)16/h2-8H,1H3,(H,20,21). The molecular formula is C15H11BrF2INO. The van der Waals surface area contributed by atoms with E-state index in [0.717, 1.165) is 9.64 Å². The van der Waals surface area contributed by atoms with Crippen molar-refractivity contribution in [3.05, 3.63) is 67.2 Å². The van der Waals surface area contributed by atoms with Gasteiger partial charge in [0.1, 0.15) is 11.6 Å². The predicted molar refractivity (Wildman–Crippen MR) is 89.1 cm³/mol. The number of carbonyl (C=O) groups is 1. The van der Waals surface area contributed by atoms with E-state index in [2.05, 4.69) is 43.8 Å². The Morgan fingerprint density at radius 2 is 1.95 bits per heavy atom. The zero-order valence-corrected chi connectivity index (χ0v) is 14.7. The van der Waals surface area contributed by atoms with Gasteiger partial charge in [-0.3, -0.25) is 4.79 Å². The van der Waals surface area contributed by atoms with Crippen molar-refractivity contribution in [3.8, 4) is 0 Å². The summed E-state index contributed by atoms with van der Waals surface area (Å²) in [6.45, 7) is 1.65. The highest BCUT2D eigenvalue weighted by molar-refractivity contribution is 14.1. The number of hydrogen-bond acceptors (Lipinski definition) is 1. The number of carbonyl (C=O) groups excluding carboxylic acids is 1. The van der Waals surface area contributed by atoms with Crippen LogP contribution in [0.1, 0.15) is 28.9 Å². The highest BCUT2D eigenvalue weighted by Gasteiger charge is 2.17. The molecule has 1 atom stereocenters. The van der Waals surface area contributed by atoms with Gasteiger partial charge in [-0.15, -0.1) is 0 Å². The summed E-state index contributed by atoms with van der Waals surface area (Å²) in [4.78, 5) is 12.2. The van der Waals surface area contributed by atoms with Crippen molar-refractivity contribution in [1.29, 1.82) is 0 Å². The second-order valence-corrected chi connectivity index (χ2v) is 6.59. The summed E-state index contributed by atoms with van der Waals surface area (Å²) in [6.07, 6.45) is 0. The molecule has 0 fully saturated rings. The third-order valence-electron chi connectivity index (χ3n) is 2.95. The van der Waals surface area contributed by atoms with Gasteiger partial charge in [0.05, 0.1) is 11.6 Å². The molecule has 0 spiro atoms. The zero-order chi connectivity index (χ0) is 15.6. The van der Waals surface area contributed by atoms with Crippen molar-refractivity contribution in [1.82, 2.24) is 5.32 Å². The van der Waals surface area contributed by atoms with Gasteiger partial charge in [-0.25, -0.2) is 8.78 Å². The highest BCUT2D eigenvalue weighted by atomic mass is 127. The molecule has 1 amide bonds. The van der Waals surface area contributed by atoms with Gasteiger partial charge in [0.15, 0.2) is 0 Å². The largest absolute Gasteiger partial charge is 0.345 e. The van der Waals surface area contributed by atoms with Crippen LogP contribution in [0.5, 0.6) is 0 Å². The molecule has 0 aromatic heterocycles. The van der Waals surface area contributed by atoms with Crippen molar-refractivity contribution >= 4 is 44.4 Å². The number of benzene rings is 2. The Morgan fingerprint density at radius 1 is 1.24 bits per heavy atom. The van der Waals surface area contributed by atoms with Crippen molar-refractivity contribution < 1.29 is 13.6 Å². The van der Waals surface area contributed by atoms with Crippen molar-refractivity contribution in [2.45, 2.75) is 13.0 Å². The molecule has 6 heteroatoms. The van der Waals surface area contributed by atoms with Crippen LogP contribution < -0.4 is 5.32 Å². The first-order valence-corrected chi connectivity index (χ1v) is 7.96. The minimum Gasteiger partial charge on any atom is -0.345 e. The van der Waals surface area contributed by atoms with Crippen LogP contribution in [-0.4, -0.2) is 5.91 Å². The van der Waals surface area contributed by atoms with Gasteiger partial charge in [-0.05, 0) is 69.7 Å². The third kappa shape index (κ3) is 4.00. The molecule has 0 aliphatic carbocycles. The van der Waals surface area contributed by atoms with Crippen LogP contribution in [0, 0.1) is 15.2 Å². The predicted octanol–water partition coefficient (Wildman–Crippen LogP) is 4.82. The highest BCUT2D eigenvalue weighted by Crippen LogP contribution is 2.22. The lowest BCUT2D eigenvalue weighted by Crippen LogP contribution is -2.27. The second kappa shape index (κ2) is 6.83. The van der Waals surface area contributed by atoms with Crippen LogP contribution in [0.2, 0.25) is 0 Å². The average molecular weight is 466 g/mol. The SMILES string of the molecule is CC(NC(=O)c1cc(I)ccc1Br)c1ccc(F)cc1F. The lowest BCUT2D eigenvalue weighted by atomic mass is 10.1. The summed E-state index contributed by atoms with van der Waals surface area (Å²) in [6, 6.07) is 8.11. The van der Waals surface area contributed by atoms with E-state index in [-0.39, 0.29) is 11.5 Å². The first-order chi connectivity index (χ1) is 9.88. The molecule has 0 saturated carbocycles. The molecule has 0 saturated heterocycles. The van der Waals surface area contributed by atoms with Gasteiger partial charge in [-0.2, -0.15) is 0 Å². The first kappa shape index (κ1) is 16.4. The molecule has 0 aliphatic rings. The van der Waals surface area contributed by atoms with E-state index in [4.69, 9.17) is 0 Å². The van der Waals surface area contributed by atoms with Crippen LogP contribution in [0.15, 0.2) is 40.9 Å². The van der Waals surface area contributed by atoms with E-state index < -0.39 is 17.7 Å². The van der Waals surface area contributed by atoms with E-state index in [9.17, 15) is 13.6 Å². The molecule has 110 valence electrons. The smallest absolute Gasteiger partial charge is 0.252 e. The van der Waals surface area contributed by atoms with Crippen molar-refractivity contribution in [3.63, 3.8) is 0 Å². The summed E-state index contributed by atoms with van der Waals surface area (Å²) in [7, 11) is 0. The van der Waals surface area contributed by atoms with Crippen LogP contribution in [0.4, 0.5) is 8.78 Å². The molecule has 2 nitrogen and oxygen atoms in total. The maximum Gasteiger partial charge on any atom is 0.252 e. The first-order valence-electron chi connectivity index (χ1n) is 6.09. The van der Waals surface area contributed by atoms with Gasteiger partial charge in [-0.1, -0.05) is 6.07 Å². The van der Waals surface area contributed by atoms with E-state index in [1.165, 1.54) is 12.1 Å². The fraction of sp³-hybridized carbons (Fsp3) is 0.133. The number of hydrogen-bond donors (Lipinski definition) is 1. The number of nitrogens with one attached hydrogen (secondary N) is 1. The molecule has 2 rings (SSSR count). The Balaban J connectivity index is 2.20. The molecule has 2 aromatic carbocycles. The van der Waals surface area contributed by atoms with Gasteiger partial charge in [0.2, 0.25) is 0 Å². The van der Waals surface area contributed by atoms with E-state index in [1.807, 2.05) is 6.07 Å². The normalized spacial score (nSPS) is 12.0. The van der Waals surface area contributed by atoms with Crippen LogP contribution in [0.25, 0.3) is 0 Å². The maximum atomic E-state index is 13.7. The van der Waals surface area contributed by atoms with Crippen molar-refractivity contribution in [2.24, 2.45) is 0 Å². The summed E-state index contributed by atoms with van der Waals surface area (Å²) >= 11 is 5.42. The van der Waals surface area contributed by atoms with Gasteiger partial charge in [0.25, 0.3) is 5.91 Å². The second-order valence-electron chi connectivity index (χ2n) is 4.49. The molecule has 1 N–H and O–H groups in total. The van der Waals surface area contributed by atoms with Crippen LogP contribution in [-0.2, 0) is 0 Å². The van der Waals surface area contributed by atoms with Crippen LogP contribution >= 0.6 is 38.5 Å². The Labute approximate surface area is 143 Å². The fourth-order valence-electron chi connectivity index (χ4n) is 1.88. The maximum absolute atomic E-state index is 13.7. The lowest BCUT2D eigenvalue weighted by molar-refractivity contribution is 0.0938. The number of halogens is 4. The van der Waals surface area contributed by atoms with Gasteiger partial charge in [0, 0.05) is 19.7 Å². The number of amides is 1. The van der Waals surface area contributed by atoms with E-state index in [0.29, 0.717) is 10.0 Å². The minimum absolute atomic E-state index is 0.242. The molecule has 0 aliphatic heterocycles. The molecule has 0 radical (unpaired) electrons. The molecular weight excluding hydrogens is 455 g/mol. The van der Waals surface area contributed by atoms with E-state index in [1.54, 1.807) is 19.1 Å². The van der Waals surface area contributed by atoms with Gasteiger partial charge < -0.3 is 5.32 Å². The number of rotatable bonds is 3. The molecule has 1 unspecified atom stereocenters. The Kier molecular flexibility index (Phi) is 5.32. The average Bonchev–Trinajstić information content (AvgIpc) is 2.41. The van der Waals surface area contributed by atoms with Gasteiger partial charge >= 0.3 is 0 Å². The Morgan fingerprint density at radius 3 is 2.62 bits per heavy atom. The Hall–Kier alpha value is -1.02. The summed E-state index contributed by atoms with van der Waals surface area (Å²) in [5, 5.41) is 2.71. The minimum atomic E-state index is -0.676. The summed E-state index contributed by atoms with van der Waals surface area (Å²) in [5.41, 5.74) is 0.711. The topological polar surface area (TPSA) is 29.1 Å². The van der Waals surface area contributed by atoms with E-state index >= 15 is 0 Å². The quantitative estimate of drug-likeness (QED) is 0.647. The monoisotopic (exact) mass is 465 g/mol.